The molecule has 5 amide bonds. The van der Waals surface area contributed by atoms with Crippen LogP contribution in [-0.2, 0) is 41.6 Å². The van der Waals surface area contributed by atoms with Crippen molar-refractivity contribution < 1.29 is 38.6 Å². The van der Waals surface area contributed by atoms with Crippen LogP contribution in [0, 0.1) is 0 Å². The van der Waals surface area contributed by atoms with Crippen molar-refractivity contribution in [1.82, 2.24) is 26.3 Å². The number of amides is 5. The molecule has 10 N–H and O–H groups in total. The summed E-state index contributed by atoms with van der Waals surface area (Å²) in [6.45, 7) is 5.18. The van der Waals surface area contributed by atoms with Gasteiger partial charge in [-0.15, -0.1) is 0 Å². The number of aromatic nitrogens is 1. The standard InChI is InChI=1S/C34H45N7O8/c1-34(2,3)49-33(48)41-26(17-21-19-37-23-13-8-7-12-22(21)23)31(46)38-24(14-9-15-35)30(45)40-27(18-28(42)43)32(47)39-25(29(36)44)16-20-10-5-4-6-11-20/h4-8,10-13,19,24-27,37H,9,14-18,35H2,1-3H3,(H2,36,44)(H,38,46)(H,39,47)(H,40,45)(H,41,48)(H,42,43)/t24-,25-,26-,27-/m0/s1. The molecule has 49 heavy (non-hydrogen) atoms. The number of hydrogen-bond acceptors (Lipinski definition) is 8. The monoisotopic (exact) mass is 679 g/mol. The average molecular weight is 680 g/mol. The van der Waals surface area contributed by atoms with Crippen LogP contribution in [0.1, 0.15) is 51.2 Å². The number of primary amides is 1. The molecule has 264 valence electrons. The molecule has 0 bridgehead atoms. The maximum atomic E-state index is 13.7. The summed E-state index contributed by atoms with van der Waals surface area (Å²) in [5, 5.41) is 20.4. The zero-order chi connectivity index (χ0) is 36.1. The first kappa shape index (κ1) is 38.0. The van der Waals surface area contributed by atoms with Crippen LogP contribution in [0.15, 0.2) is 60.8 Å². The predicted octanol–water partition coefficient (Wildman–Crippen LogP) is 1.000. The average Bonchev–Trinajstić information content (AvgIpc) is 3.43. The number of carboxylic acids is 1. The predicted molar refractivity (Wildman–Crippen MR) is 181 cm³/mol. The van der Waals surface area contributed by atoms with E-state index in [-0.39, 0.29) is 32.2 Å². The van der Waals surface area contributed by atoms with E-state index in [4.69, 9.17) is 16.2 Å². The van der Waals surface area contributed by atoms with E-state index in [2.05, 4.69) is 26.3 Å². The molecule has 1 aromatic heterocycles. The first-order valence-electron chi connectivity index (χ1n) is 15.9. The zero-order valence-corrected chi connectivity index (χ0v) is 27.8. The highest BCUT2D eigenvalue weighted by Gasteiger charge is 2.33. The normalized spacial score (nSPS) is 13.7. The number of carboxylic acid groups (broad SMARTS) is 1. The van der Waals surface area contributed by atoms with Crippen LogP contribution in [0.25, 0.3) is 10.9 Å². The molecule has 0 fully saturated rings. The van der Waals surface area contributed by atoms with Crippen molar-refractivity contribution >= 4 is 46.6 Å². The Morgan fingerprint density at radius 2 is 1.39 bits per heavy atom. The van der Waals surface area contributed by atoms with Crippen molar-refractivity contribution in [3.8, 4) is 0 Å². The second-order valence-corrected chi connectivity index (χ2v) is 12.6. The summed E-state index contributed by atoms with van der Waals surface area (Å²) in [6.07, 6.45) is 0.407. The number of carbonyl (C=O) groups is 6. The third-order valence-electron chi connectivity index (χ3n) is 7.39. The number of carbonyl (C=O) groups excluding carboxylic acids is 5. The largest absolute Gasteiger partial charge is 0.481 e. The third-order valence-corrected chi connectivity index (χ3v) is 7.39. The molecule has 15 heteroatoms. The Kier molecular flexibility index (Phi) is 13.7. The molecule has 0 aliphatic rings. The van der Waals surface area contributed by atoms with Crippen molar-refractivity contribution in [2.45, 2.75) is 82.6 Å². The summed E-state index contributed by atoms with van der Waals surface area (Å²) >= 11 is 0. The van der Waals surface area contributed by atoms with Crippen LogP contribution in [0.3, 0.4) is 0 Å². The molecule has 0 saturated carbocycles. The minimum absolute atomic E-state index is 0.0274. The lowest BCUT2D eigenvalue weighted by molar-refractivity contribution is -0.141. The van der Waals surface area contributed by atoms with Crippen LogP contribution in [0.2, 0.25) is 0 Å². The number of aliphatic carboxylic acids is 1. The van der Waals surface area contributed by atoms with E-state index in [1.165, 1.54) is 0 Å². The highest BCUT2D eigenvalue weighted by atomic mass is 16.6. The Morgan fingerprint density at radius 1 is 0.796 bits per heavy atom. The van der Waals surface area contributed by atoms with Gasteiger partial charge in [0, 0.05) is 29.9 Å². The molecule has 0 saturated heterocycles. The molecule has 0 aliphatic heterocycles. The summed E-state index contributed by atoms with van der Waals surface area (Å²) < 4.78 is 5.38. The second-order valence-electron chi connectivity index (χ2n) is 12.6. The van der Waals surface area contributed by atoms with Crippen molar-refractivity contribution in [1.29, 1.82) is 0 Å². The molecule has 3 rings (SSSR count). The Hall–Kier alpha value is -5.44. The number of fused-ring (bicyclic) bond motifs is 1. The van der Waals surface area contributed by atoms with Crippen molar-refractivity contribution in [3.63, 3.8) is 0 Å². The third kappa shape index (κ3) is 12.3. The minimum atomic E-state index is -1.62. The van der Waals surface area contributed by atoms with Gasteiger partial charge in [-0.1, -0.05) is 48.5 Å². The van der Waals surface area contributed by atoms with E-state index in [0.717, 1.165) is 10.9 Å². The van der Waals surface area contributed by atoms with Crippen LogP contribution in [0.4, 0.5) is 4.79 Å². The number of nitrogens with two attached hydrogens (primary N) is 2. The summed E-state index contributed by atoms with van der Waals surface area (Å²) in [7, 11) is 0. The lowest BCUT2D eigenvalue weighted by atomic mass is 10.0. The molecule has 0 unspecified atom stereocenters. The first-order chi connectivity index (χ1) is 23.2. The van der Waals surface area contributed by atoms with E-state index in [0.29, 0.717) is 11.1 Å². The summed E-state index contributed by atoms with van der Waals surface area (Å²) in [4.78, 5) is 80.3. The highest BCUT2D eigenvalue weighted by Crippen LogP contribution is 2.20. The molecular formula is C34H45N7O8. The number of benzene rings is 2. The lowest BCUT2D eigenvalue weighted by Gasteiger charge is -2.26. The van der Waals surface area contributed by atoms with Gasteiger partial charge in [-0.3, -0.25) is 24.0 Å². The zero-order valence-electron chi connectivity index (χ0n) is 27.8. The Balaban J connectivity index is 1.81. The smallest absolute Gasteiger partial charge is 0.408 e. The molecule has 4 atom stereocenters. The molecule has 15 nitrogen and oxygen atoms in total. The Labute approximate surface area is 283 Å². The molecule has 0 spiro atoms. The summed E-state index contributed by atoms with van der Waals surface area (Å²) in [6, 6.07) is 10.8. The molecule has 0 aliphatic carbocycles. The number of ether oxygens (including phenoxy) is 1. The van der Waals surface area contributed by atoms with Crippen LogP contribution in [-0.4, -0.2) is 82.1 Å². The fraction of sp³-hybridized carbons (Fsp3) is 0.412. The topological polar surface area (TPSA) is 248 Å². The van der Waals surface area contributed by atoms with E-state index in [1.54, 1.807) is 57.3 Å². The number of hydrogen-bond donors (Lipinski definition) is 8. The van der Waals surface area contributed by atoms with Crippen molar-refractivity contribution in [2.24, 2.45) is 11.5 Å². The lowest BCUT2D eigenvalue weighted by Crippen LogP contribution is -2.59. The SMILES string of the molecule is CC(C)(C)OC(=O)N[C@@H](Cc1c[nH]c2ccccc12)C(=O)N[C@@H](CCCN)C(=O)N[C@@H](CC(=O)O)C(=O)N[C@@H](Cc1ccccc1)C(N)=O. The van der Waals surface area contributed by atoms with Gasteiger partial charge in [0.05, 0.1) is 6.42 Å². The minimum Gasteiger partial charge on any atom is -0.481 e. The maximum Gasteiger partial charge on any atom is 0.408 e. The van der Waals surface area contributed by atoms with Crippen molar-refractivity contribution in [3.05, 3.63) is 71.9 Å². The highest BCUT2D eigenvalue weighted by molar-refractivity contribution is 5.96. The van der Waals surface area contributed by atoms with Gasteiger partial charge in [0.2, 0.25) is 23.6 Å². The van der Waals surface area contributed by atoms with Gasteiger partial charge >= 0.3 is 12.1 Å². The van der Waals surface area contributed by atoms with Gasteiger partial charge in [-0.2, -0.15) is 0 Å². The van der Waals surface area contributed by atoms with Gasteiger partial charge in [0.25, 0.3) is 0 Å². The first-order valence-corrected chi connectivity index (χ1v) is 15.9. The number of nitrogens with one attached hydrogen (secondary N) is 5. The molecule has 1 heterocycles. The quantitative estimate of drug-likeness (QED) is 0.101. The van der Waals surface area contributed by atoms with E-state index in [9.17, 15) is 33.9 Å². The maximum absolute atomic E-state index is 13.7. The number of alkyl carbamates (subject to hydrolysis) is 1. The van der Waals surface area contributed by atoms with Gasteiger partial charge < -0.3 is 47.6 Å². The number of aromatic amines is 1. The number of para-hydroxylation sites is 1. The molecular weight excluding hydrogens is 634 g/mol. The van der Waals surface area contributed by atoms with Gasteiger partial charge in [0.15, 0.2) is 0 Å². The van der Waals surface area contributed by atoms with Crippen LogP contribution >= 0.6 is 0 Å². The van der Waals surface area contributed by atoms with Crippen molar-refractivity contribution in [2.75, 3.05) is 6.54 Å². The number of rotatable bonds is 17. The fourth-order valence-corrected chi connectivity index (χ4v) is 5.04. The van der Waals surface area contributed by atoms with E-state index >= 15 is 0 Å². The Bertz CT molecular complexity index is 1620. The van der Waals surface area contributed by atoms with Gasteiger partial charge in [-0.25, -0.2) is 4.79 Å². The van der Waals surface area contributed by atoms with E-state index in [1.807, 2.05) is 24.3 Å². The molecule has 0 radical (unpaired) electrons. The van der Waals surface area contributed by atoms with Gasteiger partial charge in [0.1, 0.15) is 29.8 Å². The summed E-state index contributed by atoms with van der Waals surface area (Å²) in [5.41, 5.74) is 12.6. The molecule has 3 aromatic rings. The van der Waals surface area contributed by atoms with E-state index < -0.39 is 71.9 Å². The van der Waals surface area contributed by atoms with Crippen LogP contribution in [0.5, 0.6) is 0 Å². The molecule has 2 aromatic carbocycles. The fourth-order valence-electron chi connectivity index (χ4n) is 5.04. The van der Waals surface area contributed by atoms with Gasteiger partial charge in [-0.05, 0) is 57.4 Å². The number of H-pyrrole nitrogens is 1. The van der Waals surface area contributed by atoms with Crippen LogP contribution < -0.4 is 32.7 Å². The second kappa shape index (κ2) is 17.6. The Morgan fingerprint density at radius 3 is 2.02 bits per heavy atom. The summed E-state index contributed by atoms with van der Waals surface area (Å²) in [5.74, 6) is -4.82.